The van der Waals surface area contributed by atoms with Gasteiger partial charge in [0, 0.05) is 31.7 Å². The summed E-state index contributed by atoms with van der Waals surface area (Å²) < 4.78 is 0. The van der Waals surface area contributed by atoms with E-state index in [2.05, 4.69) is 17.6 Å². The number of benzene rings is 1. The summed E-state index contributed by atoms with van der Waals surface area (Å²) in [5.74, 6) is -0.00423. The van der Waals surface area contributed by atoms with Crippen molar-refractivity contribution in [2.45, 2.75) is 51.5 Å². The number of carbonyl (C=O) groups excluding carboxylic acids is 2. The van der Waals surface area contributed by atoms with Gasteiger partial charge < -0.3 is 20.4 Å². The number of hydrogen-bond acceptors (Lipinski definition) is 2. The van der Waals surface area contributed by atoms with Gasteiger partial charge in [0.1, 0.15) is 0 Å². The number of quaternary nitrogens is 1. The maximum absolute atomic E-state index is 12.6. The Bertz CT molecular complexity index is 637. The molecule has 154 valence electrons. The van der Waals surface area contributed by atoms with E-state index in [9.17, 15) is 9.59 Å². The molecule has 0 spiro atoms. The summed E-state index contributed by atoms with van der Waals surface area (Å²) in [5, 5.41) is 6.02. The van der Waals surface area contributed by atoms with Gasteiger partial charge in [-0.3, -0.25) is 4.79 Å². The Labute approximate surface area is 168 Å². The van der Waals surface area contributed by atoms with Crippen LogP contribution in [0.4, 0.5) is 10.5 Å². The Morgan fingerprint density at radius 3 is 2.75 bits per heavy atom. The van der Waals surface area contributed by atoms with Crippen molar-refractivity contribution in [3.8, 4) is 0 Å². The molecule has 3 N–H and O–H groups in total. The van der Waals surface area contributed by atoms with Crippen LogP contribution in [0.2, 0.25) is 0 Å². The first kappa shape index (κ1) is 20.6. The van der Waals surface area contributed by atoms with Crippen LogP contribution in [-0.2, 0) is 4.79 Å². The van der Waals surface area contributed by atoms with Gasteiger partial charge in [-0.15, -0.1) is 0 Å². The molecule has 1 unspecified atom stereocenters. The van der Waals surface area contributed by atoms with E-state index < -0.39 is 0 Å². The van der Waals surface area contributed by atoms with Crippen LogP contribution in [0, 0.1) is 5.92 Å². The lowest BCUT2D eigenvalue weighted by atomic mass is 9.97. The topological polar surface area (TPSA) is 65.9 Å². The van der Waals surface area contributed by atoms with Gasteiger partial charge >= 0.3 is 6.03 Å². The molecule has 0 aromatic heterocycles. The zero-order chi connectivity index (χ0) is 19.8. The third-order valence-electron chi connectivity index (χ3n) is 6.16. The number of carbonyl (C=O) groups is 2. The Hall–Kier alpha value is -2.08. The molecular formula is C22H35N4O2+. The Balaban J connectivity index is 1.38. The molecule has 0 radical (unpaired) electrons. The van der Waals surface area contributed by atoms with Crippen molar-refractivity contribution in [3.05, 3.63) is 30.3 Å². The summed E-state index contributed by atoms with van der Waals surface area (Å²) in [7, 11) is 0. The van der Waals surface area contributed by atoms with Gasteiger partial charge in [0.25, 0.3) is 0 Å². The number of para-hydroxylation sites is 1. The molecule has 2 heterocycles. The number of hydrogen-bond donors (Lipinski definition) is 3. The minimum atomic E-state index is -0.119. The molecule has 3 amide bonds. The molecule has 6 nitrogen and oxygen atoms in total. The number of piperidine rings is 2. The van der Waals surface area contributed by atoms with E-state index >= 15 is 0 Å². The van der Waals surface area contributed by atoms with E-state index in [4.69, 9.17) is 0 Å². The minimum Gasteiger partial charge on any atom is -0.356 e. The maximum atomic E-state index is 12.6. The lowest BCUT2D eigenvalue weighted by Crippen LogP contribution is -3.16. The van der Waals surface area contributed by atoms with Crippen LogP contribution in [-0.4, -0.2) is 55.6 Å². The molecule has 0 saturated carbocycles. The molecule has 28 heavy (non-hydrogen) atoms. The maximum Gasteiger partial charge on any atom is 0.321 e. The quantitative estimate of drug-likeness (QED) is 0.653. The van der Waals surface area contributed by atoms with Gasteiger partial charge in [-0.1, -0.05) is 18.2 Å². The lowest BCUT2D eigenvalue weighted by molar-refractivity contribution is -0.928. The third-order valence-corrected chi connectivity index (χ3v) is 6.16. The molecule has 1 aromatic rings. The fraction of sp³-hybridized carbons (Fsp3) is 0.636. The highest BCUT2D eigenvalue weighted by atomic mass is 16.2. The first-order chi connectivity index (χ1) is 13.6. The van der Waals surface area contributed by atoms with Gasteiger partial charge in [-0.05, 0) is 51.2 Å². The largest absolute Gasteiger partial charge is 0.356 e. The fourth-order valence-electron chi connectivity index (χ4n) is 4.40. The standard InChI is InChI=1S/C22H34N4O2/c1-18-9-5-6-14-25(18)16-8-13-23-21(27)19-10-7-15-26(17-19)22(28)24-20-11-3-2-4-12-20/h2-4,11-12,18-19H,5-10,13-17H2,1H3,(H,23,27)(H,24,28)/p+1/t18-,19+/m0/s1. The van der Waals surface area contributed by atoms with Crippen molar-refractivity contribution in [3.63, 3.8) is 0 Å². The summed E-state index contributed by atoms with van der Waals surface area (Å²) in [5.41, 5.74) is 0.786. The van der Waals surface area contributed by atoms with Crippen molar-refractivity contribution in [1.82, 2.24) is 10.2 Å². The fourth-order valence-corrected chi connectivity index (χ4v) is 4.40. The van der Waals surface area contributed by atoms with Crippen molar-refractivity contribution >= 4 is 17.6 Å². The molecule has 3 rings (SSSR count). The molecule has 2 aliphatic rings. The zero-order valence-corrected chi connectivity index (χ0v) is 17.1. The van der Waals surface area contributed by atoms with Crippen molar-refractivity contribution in [1.29, 1.82) is 0 Å². The van der Waals surface area contributed by atoms with Crippen molar-refractivity contribution < 1.29 is 14.5 Å². The van der Waals surface area contributed by atoms with Gasteiger partial charge in [0.15, 0.2) is 0 Å². The molecule has 3 atom stereocenters. The second-order valence-electron chi connectivity index (χ2n) is 8.28. The number of nitrogens with zero attached hydrogens (tertiary/aromatic N) is 1. The molecule has 6 heteroatoms. The van der Waals surface area contributed by atoms with Crippen molar-refractivity contribution in [2.75, 3.05) is 38.0 Å². The SMILES string of the molecule is C[C@H]1CCCC[NH+]1CCCNC(=O)[C@@H]1CCCN(C(=O)Nc2ccccc2)C1. The molecular weight excluding hydrogens is 352 g/mol. The second-order valence-corrected chi connectivity index (χ2v) is 8.28. The summed E-state index contributed by atoms with van der Waals surface area (Å²) >= 11 is 0. The van der Waals surface area contributed by atoms with Crippen LogP contribution in [0.15, 0.2) is 30.3 Å². The molecule has 1 aromatic carbocycles. The number of rotatable bonds is 6. The van der Waals surface area contributed by atoms with E-state index in [0.29, 0.717) is 13.1 Å². The van der Waals surface area contributed by atoms with Gasteiger partial charge in [0.05, 0.1) is 25.0 Å². The first-order valence-corrected chi connectivity index (χ1v) is 10.9. The number of amides is 3. The molecule has 0 aliphatic carbocycles. The Morgan fingerprint density at radius 2 is 1.96 bits per heavy atom. The van der Waals surface area contributed by atoms with E-state index in [0.717, 1.165) is 44.1 Å². The van der Waals surface area contributed by atoms with Crippen LogP contribution >= 0.6 is 0 Å². The average Bonchev–Trinajstić information content (AvgIpc) is 2.73. The van der Waals surface area contributed by atoms with Crippen LogP contribution in [0.25, 0.3) is 0 Å². The normalized spacial score (nSPS) is 25.2. The lowest BCUT2D eigenvalue weighted by Gasteiger charge is -2.32. The van der Waals surface area contributed by atoms with Crippen LogP contribution in [0.3, 0.4) is 0 Å². The van der Waals surface area contributed by atoms with E-state index in [1.54, 1.807) is 9.80 Å². The number of urea groups is 1. The smallest absolute Gasteiger partial charge is 0.321 e. The monoisotopic (exact) mass is 387 g/mol. The highest BCUT2D eigenvalue weighted by molar-refractivity contribution is 5.90. The summed E-state index contributed by atoms with van der Waals surface area (Å²) in [6, 6.07) is 10.1. The zero-order valence-electron chi connectivity index (χ0n) is 17.1. The summed E-state index contributed by atoms with van der Waals surface area (Å²) in [4.78, 5) is 28.5. The van der Waals surface area contributed by atoms with Gasteiger partial charge in [-0.25, -0.2) is 4.79 Å². The molecule has 0 bridgehead atoms. The Kier molecular flexibility index (Phi) is 7.71. The van der Waals surface area contributed by atoms with E-state index in [-0.39, 0.29) is 17.9 Å². The van der Waals surface area contributed by atoms with E-state index in [1.165, 1.54) is 25.8 Å². The summed E-state index contributed by atoms with van der Waals surface area (Å²) in [6.07, 6.45) is 6.76. The van der Waals surface area contributed by atoms with Crippen LogP contribution in [0.5, 0.6) is 0 Å². The third kappa shape index (κ3) is 5.96. The molecule has 2 aliphatic heterocycles. The molecule has 2 fully saturated rings. The summed E-state index contributed by atoms with van der Waals surface area (Å²) in [6.45, 7) is 6.68. The number of anilines is 1. The highest BCUT2D eigenvalue weighted by Crippen LogP contribution is 2.18. The number of nitrogens with one attached hydrogen (secondary N) is 3. The first-order valence-electron chi connectivity index (χ1n) is 10.9. The highest BCUT2D eigenvalue weighted by Gasteiger charge is 2.28. The van der Waals surface area contributed by atoms with Crippen LogP contribution < -0.4 is 15.5 Å². The van der Waals surface area contributed by atoms with E-state index in [1.807, 2.05) is 30.3 Å². The van der Waals surface area contributed by atoms with Gasteiger partial charge in [-0.2, -0.15) is 0 Å². The molecule has 2 saturated heterocycles. The Morgan fingerprint density at radius 1 is 1.14 bits per heavy atom. The predicted octanol–water partition coefficient (Wildman–Crippen LogP) is 1.89. The van der Waals surface area contributed by atoms with Gasteiger partial charge in [0.2, 0.25) is 5.91 Å². The number of likely N-dealkylation sites (tertiary alicyclic amines) is 2. The average molecular weight is 388 g/mol. The van der Waals surface area contributed by atoms with Crippen molar-refractivity contribution in [2.24, 2.45) is 5.92 Å². The second kappa shape index (κ2) is 10.5. The minimum absolute atomic E-state index is 0.0962. The predicted molar refractivity (Wildman–Crippen MR) is 111 cm³/mol. The van der Waals surface area contributed by atoms with Crippen LogP contribution in [0.1, 0.15) is 45.4 Å².